The van der Waals surface area contributed by atoms with E-state index in [9.17, 15) is 0 Å². The Labute approximate surface area is 107 Å². The molecular weight excluding hydrogens is 220 g/mol. The normalized spacial score (nSPS) is 21.8. The first-order chi connectivity index (χ1) is 7.27. The molecule has 2 rings (SSSR count). The van der Waals surface area contributed by atoms with Crippen molar-refractivity contribution in [1.29, 1.82) is 0 Å². The van der Waals surface area contributed by atoms with Gasteiger partial charge in [0.15, 0.2) is 0 Å². The zero-order chi connectivity index (χ0) is 10.7. The lowest BCUT2D eigenvalue weighted by molar-refractivity contribution is 0.209. The molecule has 2 aliphatic carbocycles. The van der Waals surface area contributed by atoms with Crippen molar-refractivity contribution >= 4 is 12.4 Å². The van der Waals surface area contributed by atoms with Gasteiger partial charge in [-0.25, -0.2) is 0 Å². The maximum atomic E-state index is 3.71. The molecule has 0 amide bonds. The number of hydrogen-bond acceptors (Lipinski definition) is 2. The highest BCUT2D eigenvalue weighted by molar-refractivity contribution is 5.85. The number of nitrogens with zero attached hydrogens (tertiary/aromatic N) is 1. The average Bonchev–Trinajstić information content (AvgIpc) is 2.89. The summed E-state index contributed by atoms with van der Waals surface area (Å²) in [5, 5.41) is 3.71. The molecule has 2 saturated carbocycles. The van der Waals surface area contributed by atoms with Crippen molar-refractivity contribution < 1.29 is 0 Å². The van der Waals surface area contributed by atoms with Crippen LogP contribution in [-0.4, -0.2) is 36.1 Å². The van der Waals surface area contributed by atoms with E-state index in [0.717, 1.165) is 18.1 Å². The lowest BCUT2D eigenvalue weighted by Crippen LogP contribution is -2.40. The fourth-order valence-electron chi connectivity index (χ4n) is 2.80. The van der Waals surface area contributed by atoms with E-state index in [4.69, 9.17) is 0 Å². The third-order valence-electron chi connectivity index (χ3n) is 3.84. The second kappa shape index (κ2) is 6.83. The van der Waals surface area contributed by atoms with E-state index in [-0.39, 0.29) is 12.4 Å². The molecule has 0 radical (unpaired) electrons. The van der Waals surface area contributed by atoms with Crippen LogP contribution in [0, 0.1) is 0 Å². The van der Waals surface area contributed by atoms with Crippen molar-refractivity contribution in [3.63, 3.8) is 0 Å². The van der Waals surface area contributed by atoms with Gasteiger partial charge < -0.3 is 5.32 Å². The molecule has 0 spiro atoms. The Kier molecular flexibility index (Phi) is 6.09. The van der Waals surface area contributed by atoms with Crippen LogP contribution in [0.2, 0.25) is 0 Å². The molecular formula is C13H27ClN2. The van der Waals surface area contributed by atoms with Crippen molar-refractivity contribution in [2.45, 2.75) is 70.5 Å². The first kappa shape index (κ1) is 14.3. The van der Waals surface area contributed by atoms with E-state index in [2.05, 4.69) is 24.1 Å². The zero-order valence-corrected chi connectivity index (χ0v) is 11.6. The van der Waals surface area contributed by atoms with Crippen LogP contribution in [0.4, 0.5) is 0 Å². The van der Waals surface area contributed by atoms with E-state index in [0.29, 0.717) is 0 Å². The van der Waals surface area contributed by atoms with Crippen LogP contribution in [0.5, 0.6) is 0 Å². The summed E-state index contributed by atoms with van der Waals surface area (Å²) in [5.41, 5.74) is 0. The highest BCUT2D eigenvalue weighted by Gasteiger charge is 2.30. The third kappa shape index (κ3) is 4.23. The first-order valence-electron chi connectivity index (χ1n) is 6.76. The Morgan fingerprint density at radius 1 is 1.12 bits per heavy atom. The van der Waals surface area contributed by atoms with Crippen molar-refractivity contribution in [3.8, 4) is 0 Å². The predicted molar refractivity (Wildman–Crippen MR) is 72.4 cm³/mol. The fourth-order valence-corrected chi connectivity index (χ4v) is 2.80. The molecule has 0 heterocycles. The average molecular weight is 247 g/mol. The second-order valence-electron chi connectivity index (χ2n) is 5.50. The van der Waals surface area contributed by atoms with Crippen LogP contribution in [0.25, 0.3) is 0 Å². The summed E-state index contributed by atoms with van der Waals surface area (Å²) in [5.74, 6) is 0. The summed E-state index contributed by atoms with van der Waals surface area (Å²) in [6.45, 7) is 7.10. The van der Waals surface area contributed by atoms with Gasteiger partial charge in [-0.15, -0.1) is 12.4 Å². The van der Waals surface area contributed by atoms with Crippen molar-refractivity contribution in [2.75, 3.05) is 13.1 Å². The number of halogens is 1. The fraction of sp³-hybridized carbons (Fsp3) is 1.00. The van der Waals surface area contributed by atoms with Crippen LogP contribution >= 0.6 is 12.4 Å². The highest BCUT2D eigenvalue weighted by atomic mass is 35.5. The van der Waals surface area contributed by atoms with Gasteiger partial charge in [-0.1, -0.05) is 12.8 Å². The highest BCUT2D eigenvalue weighted by Crippen LogP contribution is 2.28. The molecule has 0 saturated heterocycles. The standard InChI is InChI=1S/C13H26N2.ClH/c1-11(2)15(13-7-8-13)10-9-14-12-5-3-4-6-12;/h11-14H,3-10H2,1-2H3;1H. The summed E-state index contributed by atoms with van der Waals surface area (Å²) in [4.78, 5) is 2.67. The SMILES string of the molecule is CC(C)N(CCNC1CCCC1)C1CC1.Cl. The molecule has 2 aliphatic rings. The van der Waals surface area contributed by atoms with Crippen LogP contribution < -0.4 is 5.32 Å². The first-order valence-corrected chi connectivity index (χ1v) is 6.76. The summed E-state index contributed by atoms with van der Waals surface area (Å²) < 4.78 is 0. The summed E-state index contributed by atoms with van der Waals surface area (Å²) >= 11 is 0. The van der Waals surface area contributed by atoms with Gasteiger partial charge in [-0.2, -0.15) is 0 Å². The summed E-state index contributed by atoms with van der Waals surface area (Å²) in [7, 11) is 0. The molecule has 0 unspecified atom stereocenters. The Hall–Kier alpha value is 0.210. The second-order valence-corrected chi connectivity index (χ2v) is 5.50. The molecule has 0 aromatic rings. The molecule has 0 aliphatic heterocycles. The van der Waals surface area contributed by atoms with E-state index >= 15 is 0 Å². The van der Waals surface area contributed by atoms with Gasteiger partial charge in [-0.05, 0) is 39.5 Å². The van der Waals surface area contributed by atoms with E-state index in [1.165, 1.54) is 51.6 Å². The lowest BCUT2D eigenvalue weighted by Gasteiger charge is -2.27. The number of hydrogen-bond donors (Lipinski definition) is 1. The Balaban J connectivity index is 0.00000128. The molecule has 0 atom stereocenters. The van der Waals surface area contributed by atoms with Gasteiger partial charge in [-0.3, -0.25) is 4.90 Å². The van der Waals surface area contributed by atoms with Crippen LogP contribution in [0.1, 0.15) is 52.4 Å². The molecule has 0 bridgehead atoms. The Bertz CT molecular complexity index is 184. The van der Waals surface area contributed by atoms with Crippen LogP contribution in [0.3, 0.4) is 0 Å². The van der Waals surface area contributed by atoms with Gasteiger partial charge in [0.25, 0.3) is 0 Å². The Morgan fingerprint density at radius 3 is 2.25 bits per heavy atom. The van der Waals surface area contributed by atoms with Crippen LogP contribution in [0.15, 0.2) is 0 Å². The van der Waals surface area contributed by atoms with E-state index in [1.807, 2.05) is 0 Å². The molecule has 0 aromatic heterocycles. The molecule has 0 aromatic carbocycles. The lowest BCUT2D eigenvalue weighted by atomic mass is 10.2. The van der Waals surface area contributed by atoms with E-state index in [1.54, 1.807) is 0 Å². The minimum absolute atomic E-state index is 0. The largest absolute Gasteiger partial charge is 0.313 e. The van der Waals surface area contributed by atoms with Gasteiger partial charge in [0.1, 0.15) is 0 Å². The molecule has 3 heteroatoms. The minimum atomic E-state index is 0. The molecule has 1 N–H and O–H groups in total. The quantitative estimate of drug-likeness (QED) is 0.776. The molecule has 16 heavy (non-hydrogen) atoms. The smallest absolute Gasteiger partial charge is 0.0113 e. The van der Waals surface area contributed by atoms with Gasteiger partial charge in [0, 0.05) is 31.2 Å². The van der Waals surface area contributed by atoms with E-state index < -0.39 is 0 Å². The number of nitrogens with one attached hydrogen (secondary N) is 1. The monoisotopic (exact) mass is 246 g/mol. The summed E-state index contributed by atoms with van der Waals surface area (Å²) in [6.07, 6.45) is 8.56. The maximum absolute atomic E-state index is 3.71. The zero-order valence-electron chi connectivity index (χ0n) is 10.7. The van der Waals surface area contributed by atoms with Gasteiger partial charge in [0.05, 0.1) is 0 Å². The Morgan fingerprint density at radius 2 is 1.75 bits per heavy atom. The minimum Gasteiger partial charge on any atom is -0.313 e. The molecule has 2 nitrogen and oxygen atoms in total. The van der Waals surface area contributed by atoms with Crippen molar-refractivity contribution in [1.82, 2.24) is 10.2 Å². The van der Waals surface area contributed by atoms with Crippen LogP contribution in [-0.2, 0) is 0 Å². The number of rotatable bonds is 6. The topological polar surface area (TPSA) is 15.3 Å². The summed E-state index contributed by atoms with van der Waals surface area (Å²) in [6, 6.07) is 2.47. The van der Waals surface area contributed by atoms with Crippen molar-refractivity contribution in [2.24, 2.45) is 0 Å². The molecule has 2 fully saturated rings. The van der Waals surface area contributed by atoms with Gasteiger partial charge in [0.2, 0.25) is 0 Å². The predicted octanol–water partition coefficient (Wildman–Crippen LogP) is 2.81. The van der Waals surface area contributed by atoms with Gasteiger partial charge >= 0.3 is 0 Å². The third-order valence-corrected chi connectivity index (χ3v) is 3.84. The van der Waals surface area contributed by atoms with Crippen molar-refractivity contribution in [3.05, 3.63) is 0 Å². The maximum Gasteiger partial charge on any atom is 0.0113 e. The molecule has 96 valence electrons.